The normalized spacial score (nSPS) is 23.1. The third kappa shape index (κ3) is 2.85. The van der Waals surface area contributed by atoms with E-state index in [0.29, 0.717) is 41.8 Å². The van der Waals surface area contributed by atoms with E-state index in [1.807, 2.05) is 25.1 Å². The summed E-state index contributed by atoms with van der Waals surface area (Å²) in [5.74, 6) is -2.37. The molecule has 1 spiro atoms. The lowest BCUT2D eigenvalue weighted by Crippen LogP contribution is -2.54. The number of carbonyl (C=O) groups excluding carboxylic acids is 2. The van der Waals surface area contributed by atoms with Gasteiger partial charge in [-0.25, -0.2) is 4.39 Å². The number of fused-ring (bicyclic) bond motifs is 2. The topological polar surface area (TPSA) is 68.3 Å². The van der Waals surface area contributed by atoms with Crippen molar-refractivity contribution in [2.45, 2.75) is 38.5 Å². The Balaban J connectivity index is 2.02. The Morgan fingerprint density at radius 3 is 2.79 bits per heavy atom. The SMILES string of the molecule is CCOC(=O)C1C(=O)NC(c2ccccn2)=C(CC)C12CCc1c(F)cccc12. The molecule has 2 unspecified atom stereocenters. The van der Waals surface area contributed by atoms with Gasteiger partial charge in [0.05, 0.1) is 18.0 Å². The van der Waals surface area contributed by atoms with E-state index >= 15 is 0 Å². The second-order valence-corrected chi connectivity index (χ2v) is 7.33. The van der Waals surface area contributed by atoms with Crippen LogP contribution in [0.25, 0.3) is 5.70 Å². The number of nitrogens with zero attached hydrogens (tertiary/aromatic N) is 1. The predicted octanol–water partition coefficient (Wildman–Crippen LogP) is 3.54. The Morgan fingerprint density at radius 2 is 2.10 bits per heavy atom. The number of hydrogen-bond acceptors (Lipinski definition) is 4. The molecule has 4 rings (SSSR count). The fourth-order valence-electron chi connectivity index (χ4n) is 4.95. The van der Waals surface area contributed by atoms with Gasteiger partial charge in [-0.2, -0.15) is 0 Å². The van der Waals surface area contributed by atoms with E-state index in [1.165, 1.54) is 6.07 Å². The molecule has 0 bridgehead atoms. The summed E-state index contributed by atoms with van der Waals surface area (Å²) in [6, 6.07) is 10.4. The van der Waals surface area contributed by atoms with Crippen molar-refractivity contribution in [2.75, 3.05) is 6.61 Å². The van der Waals surface area contributed by atoms with Gasteiger partial charge in [0.2, 0.25) is 5.91 Å². The van der Waals surface area contributed by atoms with Crippen LogP contribution in [0.4, 0.5) is 4.39 Å². The van der Waals surface area contributed by atoms with Gasteiger partial charge in [0.1, 0.15) is 11.7 Å². The highest BCUT2D eigenvalue weighted by molar-refractivity contribution is 6.06. The van der Waals surface area contributed by atoms with Gasteiger partial charge in [0.25, 0.3) is 0 Å². The van der Waals surface area contributed by atoms with Crippen LogP contribution in [0.15, 0.2) is 48.2 Å². The Kier molecular flexibility index (Phi) is 4.94. The van der Waals surface area contributed by atoms with Crippen LogP contribution in [-0.4, -0.2) is 23.5 Å². The number of hydrogen-bond donors (Lipinski definition) is 1. The Morgan fingerprint density at radius 1 is 1.28 bits per heavy atom. The van der Waals surface area contributed by atoms with Gasteiger partial charge >= 0.3 is 5.97 Å². The summed E-state index contributed by atoms with van der Waals surface area (Å²) in [4.78, 5) is 30.6. The molecule has 1 aromatic heterocycles. The number of aromatic nitrogens is 1. The Hall–Kier alpha value is -3.02. The summed E-state index contributed by atoms with van der Waals surface area (Å²) in [5, 5.41) is 2.90. The van der Waals surface area contributed by atoms with Crippen molar-refractivity contribution in [1.29, 1.82) is 0 Å². The Labute approximate surface area is 169 Å². The molecule has 0 radical (unpaired) electrons. The second-order valence-electron chi connectivity index (χ2n) is 7.33. The molecule has 0 fully saturated rings. The molecule has 1 N–H and O–H groups in total. The van der Waals surface area contributed by atoms with Crippen LogP contribution in [0.1, 0.15) is 43.5 Å². The quantitative estimate of drug-likeness (QED) is 0.636. The number of benzene rings is 1. The van der Waals surface area contributed by atoms with E-state index in [4.69, 9.17) is 4.74 Å². The number of allylic oxidation sites excluding steroid dienone is 1. The monoisotopic (exact) mass is 394 g/mol. The number of amides is 1. The van der Waals surface area contributed by atoms with Crippen LogP contribution in [0.2, 0.25) is 0 Å². The fraction of sp³-hybridized carbons (Fsp3) is 0.348. The molecule has 2 aromatic rings. The standard InChI is InChI=1S/C23H23FN2O3/c1-3-15-20(18-10-5-6-13-25-18)26-21(27)19(22(28)29-4-2)23(15)12-11-14-16(23)8-7-9-17(14)24/h5-10,13,19H,3-4,11-12H2,1-2H3,(H,26,27). The first kappa shape index (κ1) is 19.3. The lowest BCUT2D eigenvalue weighted by molar-refractivity contribution is -0.155. The first-order valence-corrected chi connectivity index (χ1v) is 9.95. The maximum Gasteiger partial charge on any atom is 0.319 e. The number of pyridine rings is 1. The van der Waals surface area contributed by atoms with Gasteiger partial charge in [-0.3, -0.25) is 14.6 Å². The minimum atomic E-state index is -1.06. The van der Waals surface area contributed by atoms with Gasteiger partial charge < -0.3 is 10.1 Å². The number of nitrogens with one attached hydrogen (secondary N) is 1. The molecular weight excluding hydrogens is 371 g/mol. The summed E-state index contributed by atoms with van der Waals surface area (Å²) in [6.45, 7) is 3.87. The zero-order chi connectivity index (χ0) is 20.6. The third-order valence-corrected chi connectivity index (χ3v) is 6.01. The molecule has 2 atom stereocenters. The number of esters is 1. The van der Waals surface area contributed by atoms with Crippen molar-refractivity contribution in [3.05, 3.63) is 70.8 Å². The molecule has 29 heavy (non-hydrogen) atoms. The molecule has 150 valence electrons. The molecule has 0 saturated carbocycles. The Bertz CT molecular complexity index is 1000. The number of ether oxygens (including phenoxy) is 1. The van der Waals surface area contributed by atoms with Crippen LogP contribution in [0, 0.1) is 11.7 Å². The summed E-state index contributed by atoms with van der Waals surface area (Å²) < 4.78 is 19.9. The highest BCUT2D eigenvalue weighted by atomic mass is 19.1. The van der Waals surface area contributed by atoms with Crippen molar-refractivity contribution < 1.29 is 18.7 Å². The lowest BCUT2D eigenvalue weighted by atomic mass is 9.62. The zero-order valence-corrected chi connectivity index (χ0v) is 16.5. The molecule has 5 nitrogen and oxygen atoms in total. The van der Waals surface area contributed by atoms with Crippen molar-refractivity contribution >= 4 is 17.6 Å². The van der Waals surface area contributed by atoms with Gasteiger partial charge in [0, 0.05) is 11.6 Å². The molecule has 0 saturated heterocycles. The molecule has 2 heterocycles. The summed E-state index contributed by atoms with van der Waals surface area (Å²) in [7, 11) is 0. The van der Waals surface area contributed by atoms with E-state index < -0.39 is 23.2 Å². The van der Waals surface area contributed by atoms with Crippen LogP contribution in [0.3, 0.4) is 0 Å². The maximum absolute atomic E-state index is 14.6. The summed E-state index contributed by atoms with van der Waals surface area (Å²) in [5.41, 5.74) is 2.46. The van der Waals surface area contributed by atoms with Crippen LogP contribution >= 0.6 is 0 Å². The number of halogens is 1. The average Bonchev–Trinajstić information content (AvgIpc) is 3.09. The molecule has 1 aliphatic carbocycles. The molecule has 1 amide bonds. The highest BCUT2D eigenvalue weighted by Gasteiger charge is 2.58. The van der Waals surface area contributed by atoms with Gasteiger partial charge in [-0.15, -0.1) is 0 Å². The fourth-order valence-corrected chi connectivity index (χ4v) is 4.95. The third-order valence-electron chi connectivity index (χ3n) is 6.01. The van der Waals surface area contributed by atoms with E-state index in [2.05, 4.69) is 10.3 Å². The van der Waals surface area contributed by atoms with E-state index in [-0.39, 0.29) is 12.4 Å². The molecule has 1 aromatic carbocycles. The lowest BCUT2D eigenvalue weighted by Gasteiger charge is -2.43. The predicted molar refractivity (Wildman–Crippen MR) is 106 cm³/mol. The van der Waals surface area contributed by atoms with Crippen molar-refractivity contribution in [2.24, 2.45) is 5.92 Å². The first-order valence-electron chi connectivity index (χ1n) is 9.95. The van der Waals surface area contributed by atoms with Crippen molar-refractivity contribution in [3.63, 3.8) is 0 Å². The molecule has 2 aliphatic rings. The van der Waals surface area contributed by atoms with Gasteiger partial charge in [-0.1, -0.05) is 25.1 Å². The molecule has 6 heteroatoms. The molecular formula is C23H23FN2O3. The number of carbonyl (C=O) groups is 2. The summed E-state index contributed by atoms with van der Waals surface area (Å²) >= 11 is 0. The van der Waals surface area contributed by atoms with E-state index in [9.17, 15) is 14.0 Å². The van der Waals surface area contributed by atoms with Crippen molar-refractivity contribution in [1.82, 2.24) is 10.3 Å². The van der Waals surface area contributed by atoms with Crippen LogP contribution in [-0.2, 0) is 26.2 Å². The van der Waals surface area contributed by atoms with Crippen LogP contribution < -0.4 is 5.32 Å². The van der Waals surface area contributed by atoms with Crippen molar-refractivity contribution in [3.8, 4) is 0 Å². The highest BCUT2D eigenvalue weighted by Crippen LogP contribution is 2.54. The molecule has 1 aliphatic heterocycles. The van der Waals surface area contributed by atoms with E-state index in [1.54, 1.807) is 25.3 Å². The number of rotatable bonds is 4. The maximum atomic E-state index is 14.6. The zero-order valence-electron chi connectivity index (χ0n) is 16.5. The largest absolute Gasteiger partial charge is 0.465 e. The smallest absolute Gasteiger partial charge is 0.319 e. The second kappa shape index (κ2) is 7.43. The average molecular weight is 394 g/mol. The minimum absolute atomic E-state index is 0.174. The summed E-state index contributed by atoms with van der Waals surface area (Å²) in [6.07, 6.45) is 3.18. The van der Waals surface area contributed by atoms with E-state index in [0.717, 1.165) is 5.57 Å². The van der Waals surface area contributed by atoms with Crippen LogP contribution in [0.5, 0.6) is 0 Å². The first-order chi connectivity index (χ1) is 14.0. The van der Waals surface area contributed by atoms with Gasteiger partial charge in [-0.05, 0) is 61.1 Å². The minimum Gasteiger partial charge on any atom is -0.465 e. The van der Waals surface area contributed by atoms with Gasteiger partial charge in [0.15, 0.2) is 0 Å².